The Labute approximate surface area is 150 Å². The first-order valence-corrected chi connectivity index (χ1v) is 8.69. The molecule has 0 aliphatic carbocycles. The summed E-state index contributed by atoms with van der Waals surface area (Å²) in [4.78, 5) is 11.3. The van der Waals surface area contributed by atoms with Crippen molar-refractivity contribution in [3.05, 3.63) is 48.4 Å². The third-order valence-electron chi connectivity index (χ3n) is 4.82. The van der Waals surface area contributed by atoms with E-state index in [2.05, 4.69) is 31.5 Å². The molecule has 0 atom stereocenters. The molecule has 1 aliphatic heterocycles. The lowest BCUT2D eigenvalue weighted by Crippen LogP contribution is -2.35. The SMILES string of the molecule is Nc1nc2c(-c3ccc4ncc(CN5CCOCC5)n4c3)cccc2o1. The maximum atomic E-state index is 5.73. The third kappa shape index (κ3) is 2.61. The summed E-state index contributed by atoms with van der Waals surface area (Å²) in [7, 11) is 0. The van der Waals surface area contributed by atoms with Gasteiger partial charge in [0, 0.05) is 37.0 Å². The summed E-state index contributed by atoms with van der Waals surface area (Å²) >= 11 is 0. The zero-order chi connectivity index (χ0) is 17.5. The third-order valence-corrected chi connectivity index (χ3v) is 4.82. The Morgan fingerprint density at radius 1 is 1.12 bits per heavy atom. The van der Waals surface area contributed by atoms with Gasteiger partial charge in [0.05, 0.1) is 25.1 Å². The number of nitrogen functional groups attached to an aromatic ring is 1. The number of hydrogen-bond donors (Lipinski definition) is 1. The van der Waals surface area contributed by atoms with E-state index in [-0.39, 0.29) is 6.01 Å². The fraction of sp³-hybridized carbons (Fsp3) is 0.263. The Kier molecular flexibility index (Phi) is 3.62. The summed E-state index contributed by atoms with van der Waals surface area (Å²) in [5.74, 6) is 0. The van der Waals surface area contributed by atoms with Crippen LogP contribution in [0.4, 0.5) is 6.01 Å². The van der Waals surface area contributed by atoms with Crippen molar-refractivity contribution in [2.24, 2.45) is 0 Å². The van der Waals surface area contributed by atoms with E-state index < -0.39 is 0 Å². The number of benzene rings is 1. The Balaban J connectivity index is 1.57. The summed E-state index contributed by atoms with van der Waals surface area (Å²) in [5, 5.41) is 0. The highest BCUT2D eigenvalue weighted by Crippen LogP contribution is 2.29. The lowest BCUT2D eigenvalue weighted by molar-refractivity contribution is 0.0335. The van der Waals surface area contributed by atoms with Crippen LogP contribution in [0.2, 0.25) is 0 Å². The molecule has 7 nitrogen and oxygen atoms in total. The highest BCUT2D eigenvalue weighted by atomic mass is 16.5. The highest BCUT2D eigenvalue weighted by Gasteiger charge is 2.15. The number of nitrogens with two attached hydrogens (primary N) is 1. The molecule has 7 heteroatoms. The molecule has 4 aromatic rings. The van der Waals surface area contributed by atoms with Gasteiger partial charge < -0.3 is 19.3 Å². The highest BCUT2D eigenvalue weighted by molar-refractivity contribution is 5.91. The number of rotatable bonds is 3. The van der Waals surface area contributed by atoms with Gasteiger partial charge in [-0.2, -0.15) is 4.98 Å². The summed E-state index contributed by atoms with van der Waals surface area (Å²) in [6.07, 6.45) is 4.06. The minimum absolute atomic E-state index is 0.184. The monoisotopic (exact) mass is 349 g/mol. The molecular formula is C19H19N5O2. The fourth-order valence-corrected chi connectivity index (χ4v) is 3.49. The molecule has 1 aromatic carbocycles. The molecule has 2 N–H and O–H groups in total. The molecule has 0 amide bonds. The predicted octanol–water partition coefficient (Wildman–Crippen LogP) is 2.56. The van der Waals surface area contributed by atoms with E-state index in [0.717, 1.165) is 60.8 Å². The van der Waals surface area contributed by atoms with Crippen LogP contribution < -0.4 is 5.73 Å². The van der Waals surface area contributed by atoms with Crippen molar-refractivity contribution in [2.45, 2.75) is 6.54 Å². The van der Waals surface area contributed by atoms with Gasteiger partial charge in [-0.05, 0) is 18.2 Å². The minimum Gasteiger partial charge on any atom is -0.424 e. The lowest BCUT2D eigenvalue weighted by atomic mass is 10.1. The minimum atomic E-state index is 0.184. The Morgan fingerprint density at radius 3 is 2.88 bits per heavy atom. The van der Waals surface area contributed by atoms with Crippen molar-refractivity contribution in [2.75, 3.05) is 32.0 Å². The maximum absolute atomic E-state index is 5.73. The van der Waals surface area contributed by atoms with Gasteiger partial charge in [-0.1, -0.05) is 12.1 Å². The molecule has 0 unspecified atom stereocenters. The van der Waals surface area contributed by atoms with E-state index in [0.29, 0.717) is 5.58 Å². The molecule has 1 fully saturated rings. The molecule has 4 heterocycles. The Hall–Kier alpha value is -2.90. The van der Waals surface area contributed by atoms with Crippen molar-refractivity contribution >= 4 is 22.8 Å². The van der Waals surface area contributed by atoms with Crippen LogP contribution in [0.15, 0.2) is 47.1 Å². The first-order chi connectivity index (χ1) is 12.8. The smallest absolute Gasteiger partial charge is 0.293 e. The van der Waals surface area contributed by atoms with Crippen LogP contribution in [0, 0.1) is 0 Å². The van der Waals surface area contributed by atoms with E-state index in [4.69, 9.17) is 14.9 Å². The largest absolute Gasteiger partial charge is 0.424 e. The number of nitrogens with zero attached hydrogens (tertiary/aromatic N) is 4. The van der Waals surface area contributed by atoms with E-state index in [9.17, 15) is 0 Å². The van der Waals surface area contributed by atoms with Crippen LogP contribution >= 0.6 is 0 Å². The van der Waals surface area contributed by atoms with Crippen LogP contribution in [0.25, 0.3) is 27.9 Å². The first kappa shape index (κ1) is 15.4. The number of morpholine rings is 1. The number of pyridine rings is 1. The molecule has 3 aromatic heterocycles. The van der Waals surface area contributed by atoms with Crippen molar-refractivity contribution in [1.29, 1.82) is 0 Å². The second-order valence-corrected chi connectivity index (χ2v) is 6.49. The lowest BCUT2D eigenvalue weighted by Gasteiger charge is -2.26. The van der Waals surface area contributed by atoms with Crippen molar-refractivity contribution in [3.63, 3.8) is 0 Å². The zero-order valence-corrected chi connectivity index (χ0v) is 14.3. The van der Waals surface area contributed by atoms with Gasteiger partial charge >= 0.3 is 0 Å². The standard InChI is InChI=1S/C19H19N5O2/c20-19-22-18-15(2-1-3-16(18)26-19)13-4-5-17-21-10-14(24(17)11-13)12-23-6-8-25-9-7-23/h1-5,10-11H,6-9,12H2,(H2,20,22). The molecule has 26 heavy (non-hydrogen) atoms. The Bertz CT molecular complexity index is 1080. The van der Waals surface area contributed by atoms with Crippen molar-refractivity contribution in [1.82, 2.24) is 19.3 Å². The average Bonchev–Trinajstić information content (AvgIpc) is 3.24. The van der Waals surface area contributed by atoms with E-state index >= 15 is 0 Å². The number of aromatic nitrogens is 3. The second-order valence-electron chi connectivity index (χ2n) is 6.49. The van der Waals surface area contributed by atoms with Crippen LogP contribution in [-0.4, -0.2) is 45.6 Å². The molecule has 1 saturated heterocycles. The van der Waals surface area contributed by atoms with E-state index in [1.54, 1.807) is 0 Å². The summed E-state index contributed by atoms with van der Waals surface area (Å²) < 4.78 is 13.0. The molecule has 0 saturated carbocycles. The number of ether oxygens (including phenoxy) is 1. The van der Waals surface area contributed by atoms with Gasteiger partial charge in [-0.3, -0.25) is 4.90 Å². The van der Waals surface area contributed by atoms with Gasteiger partial charge in [-0.15, -0.1) is 0 Å². The average molecular weight is 349 g/mol. The van der Waals surface area contributed by atoms with Gasteiger partial charge in [0.1, 0.15) is 11.2 Å². The van der Waals surface area contributed by atoms with Gasteiger partial charge in [0.15, 0.2) is 5.58 Å². The molecule has 0 bridgehead atoms. The number of fused-ring (bicyclic) bond motifs is 2. The van der Waals surface area contributed by atoms with Crippen LogP contribution in [-0.2, 0) is 11.3 Å². The quantitative estimate of drug-likeness (QED) is 0.612. The molecule has 0 radical (unpaired) electrons. The summed E-state index contributed by atoms with van der Waals surface area (Å²) in [6, 6.07) is 10.1. The number of anilines is 1. The van der Waals surface area contributed by atoms with Gasteiger partial charge in [-0.25, -0.2) is 4.98 Å². The first-order valence-electron chi connectivity index (χ1n) is 8.69. The van der Waals surface area contributed by atoms with Crippen LogP contribution in [0.3, 0.4) is 0 Å². The number of imidazole rings is 1. The molecular weight excluding hydrogens is 330 g/mol. The Morgan fingerprint density at radius 2 is 2.00 bits per heavy atom. The summed E-state index contributed by atoms with van der Waals surface area (Å²) in [6.45, 7) is 4.33. The predicted molar refractivity (Wildman–Crippen MR) is 98.7 cm³/mol. The topological polar surface area (TPSA) is 81.8 Å². The molecule has 132 valence electrons. The zero-order valence-electron chi connectivity index (χ0n) is 14.3. The van der Waals surface area contributed by atoms with Crippen LogP contribution in [0.5, 0.6) is 0 Å². The second kappa shape index (κ2) is 6.12. The molecule has 0 spiro atoms. The van der Waals surface area contributed by atoms with Gasteiger partial charge in [0.2, 0.25) is 0 Å². The summed E-state index contributed by atoms with van der Waals surface area (Å²) in [5.41, 5.74) is 11.3. The molecule has 5 rings (SSSR count). The fourth-order valence-electron chi connectivity index (χ4n) is 3.49. The number of oxazole rings is 1. The normalized spacial score (nSPS) is 15.8. The number of para-hydroxylation sites is 1. The van der Waals surface area contributed by atoms with E-state index in [1.165, 1.54) is 0 Å². The number of hydrogen-bond acceptors (Lipinski definition) is 6. The van der Waals surface area contributed by atoms with Crippen molar-refractivity contribution < 1.29 is 9.15 Å². The van der Waals surface area contributed by atoms with Gasteiger partial charge in [0.25, 0.3) is 6.01 Å². The van der Waals surface area contributed by atoms with Crippen LogP contribution in [0.1, 0.15) is 5.69 Å². The van der Waals surface area contributed by atoms with E-state index in [1.807, 2.05) is 30.5 Å². The molecule has 1 aliphatic rings. The maximum Gasteiger partial charge on any atom is 0.293 e. The van der Waals surface area contributed by atoms with Crippen molar-refractivity contribution in [3.8, 4) is 11.1 Å².